The van der Waals surface area contributed by atoms with Crippen LogP contribution in [0.5, 0.6) is 0 Å². The van der Waals surface area contributed by atoms with Crippen LogP contribution in [0.15, 0.2) is 0 Å². The lowest BCUT2D eigenvalue weighted by Gasteiger charge is -2.17. The highest BCUT2D eigenvalue weighted by atomic mass is 32.1. The monoisotopic (exact) mass is 333 g/mol. The highest BCUT2D eigenvalue weighted by Gasteiger charge is 2.25. The number of aliphatic carboxylic acids is 1. The van der Waals surface area contributed by atoms with Crippen LogP contribution in [0.25, 0.3) is 0 Å². The van der Waals surface area contributed by atoms with Gasteiger partial charge in [-0.05, 0) is 13.8 Å². The van der Waals surface area contributed by atoms with E-state index in [4.69, 9.17) is 10.8 Å². The van der Waals surface area contributed by atoms with Gasteiger partial charge in [0.05, 0.1) is 24.8 Å². The van der Waals surface area contributed by atoms with Gasteiger partial charge in [0.15, 0.2) is 6.04 Å². The fourth-order valence-corrected chi connectivity index (χ4v) is 2.30. The van der Waals surface area contributed by atoms with E-state index in [1.54, 1.807) is 0 Å². The van der Waals surface area contributed by atoms with Gasteiger partial charge in [-0.3, -0.25) is 0 Å². The molecule has 0 fully saturated rings. The van der Waals surface area contributed by atoms with Crippen molar-refractivity contribution in [3.8, 4) is 0 Å². The molecule has 0 aliphatic heterocycles. The van der Waals surface area contributed by atoms with Crippen LogP contribution < -0.4 is 16.4 Å². The van der Waals surface area contributed by atoms with E-state index in [-0.39, 0.29) is 6.54 Å². The third kappa shape index (κ3) is 5.18. The molecule has 2 amide bonds. The zero-order chi connectivity index (χ0) is 16.9. The fourth-order valence-electron chi connectivity index (χ4n) is 1.42. The van der Waals surface area contributed by atoms with Crippen molar-refractivity contribution in [3.63, 3.8) is 0 Å². The van der Waals surface area contributed by atoms with Gasteiger partial charge in [-0.15, -0.1) is 10.2 Å². The summed E-state index contributed by atoms with van der Waals surface area (Å²) in [5.74, 6) is -1.34. The normalized spacial score (nSPS) is 16.4. The molecule has 11 heteroatoms. The zero-order valence-electron chi connectivity index (χ0n) is 12.1. The number of nitrogens with two attached hydrogens (primary N) is 1. The maximum absolute atomic E-state index is 11.6. The molecule has 1 heterocycles. The van der Waals surface area contributed by atoms with Crippen molar-refractivity contribution >= 4 is 23.3 Å². The summed E-state index contributed by atoms with van der Waals surface area (Å²) in [4.78, 5) is 22.4. The third-order valence-electron chi connectivity index (χ3n) is 2.72. The van der Waals surface area contributed by atoms with Crippen LogP contribution in [0, 0.1) is 0 Å². The Hall–Kier alpha value is -1.82. The van der Waals surface area contributed by atoms with E-state index in [1.807, 2.05) is 0 Å². The van der Waals surface area contributed by atoms with Crippen LogP contribution in [0.2, 0.25) is 0 Å². The molecule has 0 radical (unpaired) electrons. The summed E-state index contributed by atoms with van der Waals surface area (Å²) in [5.41, 5.74) is 5.70. The molecular weight excluding hydrogens is 314 g/mol. The lowest BCUT2D eigenvalue weighted by Crippen LogP contribution is -2.50. The van der Waals surface area contributed by atoms with Gasteiger partial charge in [0, 0.05) is 0 Å². The highest BCUT2D eigenvalue weighted by molar-refractivity contribution is 7.11. The summed E-state index contributed by atoms with van der Waals surface area (Å²) < 4.78 is 0. The molecule has 22 heavy (non-hydrogen) atoms. The molecule has 0 saturated heterocycles. The molecule has 4 unspecified atom stereocenters. The van der Waals surface area contributed by atoms with Gasteiger partial charge >= 0.3 is 12.0 Å². The van der Waals surface area contributed by atoms with E-state index in [9.17, 15) is 19.8 Å². The number of nitrogens with one attached hydrogen (secondary N) is 2. The molecule has 10 nitrogen and oxygen atoms in total. The Morgan fingerprint density at radius 3 is 2.41 bits per heavy atom. The standard InChI is InChI=1S/C11H19N5O5S/c1-4(17)7(12)9-16-15-6(22-9)3-13-11(21)14-8(5(2)18)10(19)20/h4-5,7-8,17-18H,3,12H2,1-2H3,(H,19,20)(H2,13,14,21). The summed E-state index contributed by atoms with van der Waals surface area (Å²) in [7, 11) is 0. The number of carboxylic acids is 1. The van der Waals surface area contributed by atoms with Gasteiger partial charge < -0.3 is 31.7 Å². The van der Waals surface area contributed by atoms with Crippen LogP contribution in [0.4, 0.5) is 4.79 Å². The summed E-state index contributed by atoms with van der Waals surface area (Å²) in [6, 6.07) is -2.83. The van der Waals surface area contributed by atoms with Crippen molar-refractivity contribution in [1.29, 1.82) is 0 Å². The Labute approximate surface area is 130 Å². The fraction of sp³-hybridized carbons (Fsp3) is 0.636. The number of carbonyl (C=O) groups excluding carboxylic acids is 1. The number of nitrogens with zero attached hydrogens (tertiary/aromatic N) is 2. The van der Waals surface area contributed by atoms with Gasteiger partial charge in [-0.25, -0.2) is 9.59 Å². The van der Waals surface area contributed by atoms with E-state index < -0.39 is 36.3 Å². The van der Waals surface area contributed by atoms with Gasteiger partial charge in [-0.2, -0.15) is 0 Å². The van der Waals surface area contributed by atoms with Gasteiger partial charge in [0.25, 0.3) is 0 Å². The zero-order valence-corrected chi connectivity index (χ0v) is 12.9. The Bertz CT molecular complexity index is 521. The van der Waals surface area contributed by atoms with Crippen LogP contribution in [-0.4, -0.2) is 55.8 Å². The average molecular weight is 333 g/mol. The van der Waals surface area contributed by atoms with Crippen molar-refractivity contribution in [2.24, 2.45) is 5.73 Å². The summed E-state index contributed by atoms with van der Waals surface area (Å²) in [6.45, 7) is 2.80. The molecule has 0 aliphatic rings. The number of urea groups is 1. The first kappa shape index (κ1) is 18.2. The molecule has 1 aromatic rings. The largest absolute Gasteiger partial charge is 0.480 e. The molecular formula is C11H19N5O5S. The number of rotatable bonds is 7. The number of aliphatic hydroxyl groups is 2. The number of carbonyl (C=O) groups is 2. The first-order valence-electron chi connectivity index (χ1n) is 6.43. The first-order valence-corrected chi connectivity index (χ1v) is 7.25. The number of hydrogen-bond acceptors (Lipinski definition) is 8. The van der Waals surface area contributed by atoms with E-state index >= 15 is 0 Å². The van der Waals surface area contributed by atoms with E-state index in [0.29, 0.717) is 10.0 Å². The van der Waals surface area contributed by atoms with Crippen molar-refractivity contribution in [3.05, 3.63) is 10.0 Å². The number of hydrogen-bond donors (Lipinski definition) is 6. The number of aromatic nitrogens is 2. The van der Waals surface area contributed by atoms with Gasteiger partial charge in [0.1, 0.15) is 10.0 Å². The van der Waals surface area contributed by atoms with E-state index in [2.05, 4.69) is 20.8 Å². The maximum atomic E-state index is 11.6. The molecule has 124 valence electrons. The number of carboxylic acid groups (broad SMARTS) is 1. The summed E-state index contributed by atoms with van der Waals surface area (Å²) in [6.07, 6.45) is -2.01. The molecule has 1 rings (SSSR count). The lowest BCUT2D eigenvalue weighted by atomic mass is 10.2. The van der Waals surface area contributed by atoms with E-state index in [1.165, 1.54) is 13.8 Å². The smallest absolute Gasteiger partial charge is 0.328 e. The minimum absolute atomic E-state index is 0.0160. The van der Waals surface area contributed by atoms with E-state index in [0.717, 1.165) is 11.3 Å². The highest BCUT2D eigenvalue weighted by Crippen LogP contribution is 2.18. The molecule has 0 aliphatic carbocycles. The van der Waals surface area contributed by atoms with Gasteiger partial charge in [0.2, 0.25) is 0 Å². The molecule has 0 bridgehead atoms. The third-order valence-corrected chi connectivity index (χ3v) is 3.75. The Balaban J connectivity index is 2.52. The second-order valence-electron chi connectivity index (χ2n) is 4.68. The minimum atomic E-state index is -1.41. The molecule has 0 aromatic carbocycles. The number of aliphatic hydroxyl groups excluding tert-OH is 2. The quantitative estimate of drug-likeness (QED) is 0.352. The summed E-state index contributed by atoms with van der Waals surface area (Å²) in [5, 5.41) is 40.5. The molecule has 4 atom stereocenters. The minimum Gasteiger partial charge on any atom is -0.480 e. The SMILES string of the molecule is CC(O)C(NC(=O)NCc1nnc(C(N)C(C)O)s1)C(=O)O. The first-order chi connectivity index (χ1) is 10.2. The molecule has 1 aromatic heterocycles. The Kier molecular flexibility index (Phi) is 6.61. The van der Waals surface area contributed by atoms with Crippen molar-refractivity contribution in [2.75, 3.05) is 0 Å². The van der Waals surface area contributed by atoms with Crippen LogP contribution >= 0.6 is 11.3 Å². The van der Waals surface area contributed by atoms with Crippen molar-refractivity contribution < 1.29 is 24.9 Å². The lowest BCUT2D eigenvalue weighted by molar-refractivity contribution is -0.141. The van der Waals surface area contributed by atoms with Gasteiger partial charge in [-0.1, -0.05) is 11.3 Å². The second-order valence-corrected chi connectivity index (χ2v) is 5.78. The van der Waals surface area contributed by atoms with Crippen molar-refractivity contribution in [2.45, 2.75) is 44.7 Å². The summed E-state index contributed by atoms with van der Waals surface area (Å²) >= 11 is 1.13. The predicted octanol–water partition coefficient (Wildman–Crippen LogP) is -1.45. The maximum Gasteiger partial charge on any atom is 0.328 e. The van der Waals surface area contributed by atoms with Crippen LogP contribution in [-0.2, 0) is 11.3 Å². The van der Waals surface area contributed by atoms with Crippen molar-refractivity contribution in [1.82, 2.24) is 20.8 Å². The van der Waals surface area contributed by atoms with Crippen LogP contribution in [0.1, 0.15) is 29.9 Å². The molecule has 0 saturated carbocycles. The van der Waals surface area contributed by atoms with Crippen LogP contribution in [0.3, 0.4) is 0 Å². The second kappa shape index (κ2) is 7.98. The Morgan fingerprint density at radius 1 is 1.27 bits per heavy atom. The molecule has 0 spiro atoms. The Morgan fingerprint density at radius 2 is 1.91 bits per heavy atom. The average Bonchev–Trinajstić information content (AvgIpc) is 2.89. The number of amides is 2. The molecule has 7 N–H and O–H groups in total. The predicted molar refractivity (Wildman–Crippen MR) is 77.0 cm³/mol. The topological polar surface area (TPSA) is 171 Å².